The molecular weight excluding hydrogens is 316 g/mol. The molecule has 0 aliphatic carbocycles. The summed E-state index contributed by atoms with van der Waals surface area (Å²) in [5.41, 5.74) is 3.22. The van der Waals surface area contributed by atoms with E-state index in [9.17, 15) is 4.79 Å². The largest absolute Gasteiger partial charge is 0.384 e. The van der Waals surface area contributed by atoms with Crippen molar-refractivity contribution < 1.29 is 9.53 Å². The molecule has 6 heteroatoms. The van der Waals surface area contributed by atoms with Crippen LogP contribution in [0.25, 0.3) is 0 Å². The van der Waals surface area contributed by atoms with Gasteiger partial charge in [-0.2, -0.15) is 0 Å². The van der Waals surface area contributed by atoms with Crippen LogP contribution >= 0.6 is 0 Å². The predicted molar refractivity (Wildman–Crippen MR) is 99.1 cm³/mol. The first-order chi connectivity index (χ1) is 12.2. The zero-order chi connectivity index (χ0) is 17.5. The molecule has 25 heavy (non-hydrogen) atoms. The van der Waals surface area contributed by atoms with Gasteiger partial charge in [0.2, 0.25) is 0 Å². The van der Waals surface area contributed by atoms with Crippen molar-refractivity contribution in [1.82, 2.24) is 9.88 Å². The van der Waals surface area contributed by atoms with Crippen molar-refractivity contribution in [3.63, 3.8) is 0 Å². The molecule has 6 nitrogen and oxygen atoms in total. The molecule has 0 unspecified atom stereocenters. The van der Waals surface area contributed by atoms with E-state index in [4.69, 9.17) is 4.74 Å². The molecule has 132 valence electrons. The summed E-state index contributed by atoms with van der Waals surface area (Å²) in [6.07, 6.45) is 1.65. The number of nitrogens with one attached hydrogen (secondary N) is 2. The van der Waals surface area contributed by atoms with Gasteiger partial charge in [0.15, 0.2) is 0 Å². The third kappa shape index (κ3) is 5.27. The maximum Gasteiger partial charge on any atom is 0.274 e. The molecule has 0 saturated carbocycles. The topological polar surface area (TPSA) is 66.5 Å². The lowest BCUT2D eigenvalue weighted by atomic mass is 10.2. The average molecular weight is 340 g/mol. The van der Waals surface area contributed by atoms with Crippen molar-refractivity contribution in [2.45, 2.75) is 6.92 Å². The van der Waals surface area contributed by atoms with Gasteiger partial charge in [-0.15, -0.1) is 0 Å². The summed E-state index contributed by atoms with van der Waals surface area (Å²) in [5, 5.41) is 6.23. The molecule has 1 saturated heterocycles. The first kappa shape index (κ1) is 17.4. The van der Waals surface area contributed by atoms with Crippen LogP contribution in [0.15, 0.2) is 42.6 Å². The Hall–Kier alpha value is -2.44. The first-order valence-corrected chi connectivity index (χ1v) is 8.59. The van der Waals surface area contributed by atoms with Gasteiger partial charge < -0.3 is 15.4 Å². The van der Waals surface area contributed by atoms with Crippen LogP contribution in [0.3, 0.4) is 0 Å². The molecule has 0 spiro atoms. The summed E-state index contributed by atoms with van der Waals surface area (Å²) in [6.45, 7) is 7.35. The lowest BCUT2D eigenvalue weighted by Gasteiger charge is -2.26. The minimum absolute atomic E-state index is 0.208. The number of benzene rings is 1. The van der Waals surface area contributed by atoms with Crippen LogP contribution in [0.1, 0.15) is 16.1 Å². The fourth-order valence-electron chi connectivity index (χ4n) is 2.68. The third-order valence-corrected chi connectivity index (χ3v) is 4.16. The number of aromatic nitrogens is 1. The third-order valence-electron chi connectivity index (χ3n) is 4.16. The van der Waals surface area contributed by atoms with Gasteiger partial charge in [-0.3, -0.25) is 14.7 Å². The Labute approximate surface area is 148 Å². The first-order valence-electron chi connectivity index (χ1n) is 8.59. The van der Waals surface area contributed by atoms with Gasteiger partial charge in [-0.1, -0.05) is 17.7 Å². The highest BCUT2D eigenvalue weighted by atomic mass is 16.5. The number of pyridine rings is 1. The smallest absolute Gasteiger partial charge is 0.274 e. The van der Waals surface area contributed by atoms with E-state index in [1.54, 1.807) is 12.3 Å². The molecule has 3 rings (SSSR count). The molecule has 1 aliphatic heterocycles. The number of carbonyl (C=O) groups is 1. The minimum atomic E-state index is -0.208. The van der Waals surface area contributed by atoms with Crippen molar-refractivity contribution >= 4 is 17.3 Å². The zero-order valence-electron chi connectivity index (χ0n) is 14.5. The number of nitrogens with zero attached hydrogens (tertiary/aromatic N) is 2. The van der Waals surface area contributed by atoms with E-state index in [1.807, 2.05) is 37.3 Å². The van der Waals surface area contributed by atoms with Gasteiger partial charge in [0, 0.05) is 43.8 Å². The number of hydrogen-bond donors (Lipinski definition) is 2. The Bertz CT molecular complexity index is 697. The zero-order valence-corrected chi connectivity index (χ0v) is 14.5. The molecular formula is C19H24N4O2. The van der Waals surface area contributed by atoms with Gasteiger partial charge in [0.1, 0.15) is 5.69 Å². The second-order valence-corrected chi connectivity index (χ2v) is 6.13. The monoisotopic (exact) mass is 340 g/mol. The number of rotatable bonds is 6. The van der Waals surface area contributed by atoms with Crippen molar-refractivity contribution in [2.75, 3.05) is 50.0 Å². The summed E-state index contributed by atoms with van der Waals surface area (Å²) in [4.78, 5) is 18.9. The highest BCUT2D eigenvalue weighted by Crippen LogP contribution is 2.12. The summed E-state index contributed by atoms with van der Waals surface area (Å²) in [5.74, 6) is -0.208. The number of morpholine rings is 1. The van der Waals surface area contributed by atoms with Crippen molar-refractivity contribution in [1.29, 1.82) is 0 Å². The SMILES string of the molecule is Cc1ccc(NC(=O)c2cc(NCCN3CCOCC3)ccn2)cc1. The highest BCUT2D eigenvalue weighted by Gasteiger charge is 2.11. The predicted octanol–water partition coefficient (Wildman–Crippen LogP) is 2.39. The van der Waals surface area contributed by atoms with E-state index in [0.29, 0.717) is 5.69 Å². The summed E-state index contributed by atoms with van der Waals surface area (Å²) >= 11 is 0. The standard InChI is InChI=1S/C19H24N4O2/c1-15-2-4-16(5-3-15)22-19(24)18-14-17(6-7-21-18)20-8-9-23-10-12-25-13-11-23/h2-7,14H,8-13H2,1H3,(H,20,21)(H,22,24). The van der Waals surface area contributed by atoms with Gasteiger partial charge in [0.25, 0.3) is 5.91 Å². The van der Waals surface area contributed by atoms with E-state index in [-0.39, 0.29) is 5.91 Å². The maximum absolute atomic E-state index is 12.3. The molecule has 0 atom stereocenters. The molecule has 2 heterocycles. The van der Waals surface area contributed by atoms with Crippen LogP contribution in [0.2, 0.25) is 0 Å². The lowest BCUT2D eigenvalue weighted by molar-refractivity contribution is 0.0398. The van der Waals surface area contributed by atoms with Crippen molar-refractivity contribution in [2.24, 2.45) is 0 Å². The molecule has 2 N–H and O–H groups in total. The number of ether oxygens (including phenoxy) is 1. The highest BCUT2D eigenvalue weighted by molar-refractivity contribution is 6.03. The Kier molecular flexibility index (Phi) is 5.98. The van der Waals surface area contributed by atoms with Crippen molar-refractivity contribution in [3.05, 3.63) is 53.9 Å². The van der Waals surface area contributed by atoms with E-state index in [1.165, 1.54) is 0 Å². The van der Waals surface area contributed by atoms with Gasteiger partial charge in [-0.25, -0.2) is 0 Å². The van der Waals surface area contributed by atoms with E-state index >= 15 is 0 Å². The second-order valence-electron chi connectivity index (χ2n) is 6.13. The van der Waals surface area contributed by atoms with Crippen LogP contribution in [-0.4, -0.2) is 55.2 Å². The Morgan fingerprint density at radius 3 is 2.68 bits per heavy atom. The lowest BCUT2D eigenvalue weighted by Crippen LogP contribution is -2.39. The normalized spacial score (nSPS) is 14.9. The van der Waals surface area contributed by atoms with Crippen LogP contribution in [-0.2, 0) is 4.74 Å². The number of amides is 1. The quantitative estimate of drug-likeness (QED) is 0.845. The second kappa shape index (κ2) is 8.60. The molecule has 1 fully saturated rings. The van der Waals surface area contributed by atoms with Crippen molar-refractivity contribution in [3.8, 4) is 0 Å². The number of carbonyl (C=O) groups excluding carboxylic acids is 1. The molecule has 0 radical (unpaired) electrons. The number of aryl methyl sites for hydroxylation is 1. The summed E-state index contributed by atoms with van der Waals surface area (Å²) in [7, 11) is 0. The van der Waals surface area contributed by atoms with Crippen LogP contribution in [0.5, 0.6) is 0 Å². The van der Waals surface area contributed by atoms with Gasteiger partial charge in [-0.05, 0) is 31.2 Å². The Morgan fingerprint density at radius 1 is 1.16 bits per heavy atom. The van der Waals surface area contributed by atoms with Crippen LogP contribution in [0.4, 0.5) is 11.4 Å². The van der Waals surface area contributed by atoms with Crippen LogP contribution < -0.4 is 10.6 Å². The molecule has 0 bridgehead atoms. The van der Waals surface area contributed by atoms with E-state index in [2.05, 4.69) is 20.5 Å². The Morgan fingerprint density at radius 2 is 1.92 bits per heavy atom. The fraction of sp³-hybridized carbons (Fsp3) is 0.368. The van der Waals surface area contributed by atoms with Gasteiger partial charge >= 0.3 is 0 Å². The van der Waals surface area contributed by atoms with Crippen LogP contribution in [0, 0.1) is 6.92 Å². The van der Waals surface area contributed by atoms with Gasteiger partial charge in [0.05, 0.1) is 13.2 Å². The number of hydrogen-bond acceptors (Lipinski definition) is 5. The number of anilines is 2. The minimum Gasteiger partial charge on any atom is -0.384 e. The molecule has 1 amide bonds. The van der Waals surface area contributed by atoms with E-state index < -0.39 is 0 Å². The average Bonchev–Trinajstić information content (AvgIpc) is 2.65. The summed E-state index contributed by atoms with van der Waals surface area (Å²) in [6, 6.07) is 11.4. The maximum atomic E-state index is 12.3. The summed E-state index contributed by atoms with van der Waals surface area (Å²) < 4.78 is 5.35. The molecule has 1 aliphatic rings. The fourth-order valence-corrected chi connectivity index (χ4v) is 2.68. The molecule has 1 aromatic heterocycles. The molecule has 1 aromatic carbocycles. The van der Waals surface area contributed by atoms with E-state index in [0.717, 1.165) is 56.3 Å². The Balaban J connectivity index is 1.53. The molecule has 2 aromatic rings.